The number of nitrogens with zero attached hydrogens (tertiary/aromatic N) is 1. The number of hydrogen-bond acceptors (Lipinski definition) is 3. The first-order valence-corrected chi connectivity index (χ1v) is 9.20. The maximum absolute atomic E-state index is 12.4. The lowest BCUT2D eigenvalue weighted by molar-refractivity contribution is -0.138. The Balaban J connectivity index is 1.77. The van der Waals surface area contributed by atoms with Crippen LogP contribution in [0.1, 0.15) is 51.7 Å². The van der Waals surface area contributed by atoms with Crippen LogP contribution in [-0.4, -0.2) is 41.0 Å². The first-order chi connectivity index (χ1) is 11.9. The Kier molecular flexibility index (Phi) is 7.00. The molecule has 1 saturated heterocycles. The Morgan fingerprint density at radius 3 is 2.32 bits per heavy atom. The van der Waals surface area contributed by atoms with Crippen LogP contribution < -0.4 is 5.32 Å². The molecule has 0 spiro atoms. The van der Waals surface area contributed by atoms with Gasteiger partial charge in [0.05, 0.1) is 6.10 Å². The number of piperidine rings is 1. The van der Waals surface area contributed by atoms with Crippen molar-refractivity contribution in [1.29, 1.82) is 0 Å². The van der Waals surface area contributed by atoms with E-state index in [9.17, 15) is 14.7 Å². The van der Waals surface area contributed by atoms with Gasteiger partial charge in [-0.2, -0.15) is 0 Å². The smallest absolute Gasteiger partial charge is 0.225 e. The molecule has 0 bridgehead atoms. The molecule has 1 fully saturated rings. The summed E-state index contributed by atoms with van der Waals surface area (Å²) in [6, 6.07) is 9.39. The van der Waals surface area contributed by atoms with Gasteiger partial charge in [0.1, 0.15) is 0 Å². The number of aliphatic hydroxyl groups excluding tert-OH is 1. The number of carbonyl (C=O) groups excluding carboxylic acids is 2. The molecule has 2 unspecified atom stereocenters. The number of amides is 2. The van der Waals surface area contributed by atoms with Gasteiger partial charge < -0.3 is 15.3 Å². The predicted molar refractivity (Wildman–Crippen MR) is 97.8 cm³/mol. The van der Waals surface area contributed by atoms with Crippen LogP contribution in [-0.2, 0) is 9.59 Å². The Labute approximate surface area is 150 Å². The summed E-state index contributed by atoms with van der Waals surface area (Å²) in [4.78, 5) is 26.3. The molecule has 5 heteroatoms. The van der Waals surface area contributed by atoms with Crippen molar-refractivity contribution < 1.29 is 14.7 Å². The molecule has 0 aliphatic carbocycles. The summed E-state index contributed by atoms with van der Waals surface area (Å²) in [5.41, 5.74) is 0.865. The highest BCUT2D eigenvalue weighted by Gasteiger charge is 2.29. The molecule has 0 saturated carbocycles. The van der Waals surface area contributed by atoms with Crippen LogP contribution in [0.3, 0.4) is 0 Å². The summed E-state index contributed by atoms with van der Waals surface area (Å²) in [7, 11) is 0. The minimum Gasteiger partial charge on any atom is -0.388 e. The van der Waals surface area contributed by atoms with Crippen molar-refractivity contribution in [1.82, 2.24) is 10.2 Å². The maximum Gasteiger partial charge on any atom is 0.225 e. The highest BCUT2D eigenvalue weighted by atomic mass is 16.3. The van der Waals surface area contributed by atoms with Crippen molar-refractivity contribution in [2.24, 2.45) is 11.8 Å². The number of likely N-dealkylation sites (tertiary alicyclic amines) is 1. The van der Waals surface area contributed by atoms with Crippen molar-refractivity contribution in [3.63, 3.8) is 0 Å². The summed E-state index contributed by atoms with van der Waals surface area (Å²) >= 11 is 0. The monoisotopic (exact) mass is 346 g/mol. The fourth-order valence-electron chi connectivity index (χ4n) is 3.29. The Morgan fingerprint density at radius 1 is 1.16 bits per heavy atom. The molecule has 0 radical (unpaired) electrons. The zero-order valence-corrected chi connectivity index (χ0v) is 15.4. The van der Waals surface area contributed by atoms with Crippen molar-refractivity contribution >= 4 is 11.8 Å². The fourth-order valence-corrected chi connectivity index (χ4v) is 3.29. The van der Waals surface area contributed by atoms with E-state index in [2.05, 4.69) is 5.32 Å². The van der Waals surface area contributed by atoms with Gasteiger partial charge in [0.15, 0.2) is 0 Å². The topological polar surface area (TPSA) is 69.6 Å². The van der Waals surface area contributed by atoms with Crippen LogP contribution in [0.25, 0.3) is 0 Å². The highest BCUT2D eigenvalue weighted by Crippen LogP contribution is 2.21. The summed E-state index contributed by atoms with van der Waals surface area (Å²) in [5.74, 6) is 0.153. The van der Waals surface area contributed by atoms with E-state index in [1.807, 2.05) is 56.0 Å². The van der Waals surface area contributed by atoms with E-state index < -0.39 is 6.10 Å². The third-order valence-electron chi connectivity index (χ3n) is 4.82. The molecular weight excluding hydrogens is 316 g/mol. The zero-order valence-electron chi connectivity index (χ0n) is 15.4. The summed E-state index contributed by atoms with van der Waals surface area (Å²) in [5, 5.41) is 13.3. The van der Waals surface area contributed by atoms with E-state index in [1.54, 1.807) is 0 Å². The second kappa shape index (κ2) is 8.99. The van der Waals surface area contributed by atoms with E-state index >= 15 is 0 Å². The third kappa shape index (κ3) is 5.56. The number of carbonyl (C=O) groups is 2. The number of nitrogens with one attached hydrogen (secondary N) is 1. The lowest BCUT2D eigenvalue weighted by Gasteiger charge is -2.33. The predicted octanol–water partition coefficient (Wildman–Crippen LogP) is 2.51. The summed E-state index contributed by atoms with van der Waals surface area (Å²) < 4.78 is 0. The van der Waals surface area contributed by atoms with Crippen molar-refractivity contribution in [2.75, 3.05) is 13.1 Å². The molecule has 25 heavy (non-hydrogen) atoms. The molecule has 138 valence electrons. The lowest BCUT2D eigenvalue weighted by Crippen LogP contribution is -2.46. The van der Waals surface area contributed by atoms with Gasteiger partial charge in [-0.25, -0.2) is 0 Å². The zero-order chi connectivity index (χ0) is 18.4. The number of hydrogen-bond donors (Lipinski definition) is 2. The average molecular weight is 346 g/mol. The van der Waals surface area contributed by atoms with Crippen LogP contribution in [0.15, 0.2) is 30.3 Å². The molecule has 2 atom stereocenters. The average Bonchev–Trinajstić information content (AvgIpc) is 2.61. The van der Waals surface area contributed by atoms with Gasteiger partial charge in [-0.3, -0.25) is 9.59 Å². The molecule has 1 aromatic rings. The lowest BCUT2D eigenvalue weighted by atomic mass is 9.94. The first-order valence-electron chi connectivity index (χ1n) is 9.20. The van der Waals surface area contributed by atoms with E-state index in [1.165, 1.54) is 0 Å². The number of rotatable bonds is 6. The molecule has 5 nitrogen and oxygen atoms in total. The molecule has 0 aromatic heterocycles. The molecule has 2 rings (SSSR count). The van der Waals surface area contributed by atoms with Crippen molar-refractivity contribution in [3.8, 4) is 0 Å². The van der Waals surface area contributed by atoms with Gasteiger partial charge in [-0.15, -0.1) is 0 Å². The normalized spacial score (nSPS) is 18.0. The maximum atomic E-state index is 12.4. The van der Waals surface area contributed by atoms with Crippen LogP contribution >= 0.6 is 0 Å². The van der Waals surface area contributed by atoms with E-state index in [-0.39, 0.29) is 29.7 Å². The van der Waals surface area contributed by atoms with Gasteiger partial charge in [0, 0.05) is 31.0 Å². The molecule has 2 N–H and O–H groups in total. The summed E-state index contributed by atoms with van der Waals surface area (Å²) in [6.45, 7) is 7.02. The van der Waals surface area contributed by atoms with Gasteiger partial charge in [0.25, 0.3) is 0 Å². The molecular formula is C20H30N2O3. The molecule has 1 aliphatic rings. The molecule has 1 heterocycles. The van der Waals surface area contributed by atoms with Crippen LogP contribution in [0.4, 0.5) is 0 Å². The van der Waals surface area contributed by atoms with Crippen molar-refractivity contribution in [3.05, 3.63) is 35.9 Å². The minimum atomic E-state index is -0.581. The quantitative estimate of drug-likeness (QED) is 0.831. The number of benzene rings is 1. The van der Waals surface area contributed by atoms with Gasteiger partial charge in [0.2, 0.25) is 11.8 Å². The van der Waals surface area contributed by atoms with Gasteiger partial charge in [-0.1, -0.05) is 44.2 Å². The highest BCUT2D eigenvalue weighted by molar-refractivity contribution is 5.80. The van der Waals surface area contributed by atoms with E-state index in [0.717, 1.165) is 5.56 Å². The minimum absolute atomic E-state index is 0.00451. The van der Waals surface area contributed by atoms with Crippen LogP contribution in [0, 0.1) is 11.8 Å². The first kappa shape index (κ1) is 19.4. The standard InChI is InChI=1S/C20H30N2O3/c1-14(2)20(25)22-11-9-17(10-12-22)19(24)21-15(3)13-18(23)16-7-5-4-6-8-16/h4-8,14-15,17-18,23H,9-13H2,1-3H3,(H,21,24). The van der Waals surface area contributed by atoms with Gasteiger partial charge >= 0.3 is 0 Å². The fraction of sp³-hybridized carbons (Fsp3) is 0.600. The van der Waals surface area contributed by atoms with Gasteiger partial charge in [-0.05, 0) is 31.7 Å². The molecule has 1 aromatic carbocycles. The van der Waals surface area contributed by atoms with E-state index in [0.29, 0.717) is 32.4 Å². The molecule has 1 aliphatic heterocycles. The van der Waals surface area contributed by atoms with Crippen LogP contribution in [0.5, 0.6) is 0 Å². The van der Waals surface area contributed by atoms with Crippen molar-refractivity contribution in [2.45, 2.75) is 52.2 Å². The Bertz CT molecular complexity index is 566. The number of aliphatic hydroxyl groups is 1. The Hall–Kier alpha value is -1.88. The SMILES string of the molecule is CC(CC(O)c1ccccc1)NC(=O)C1CCN(C(=O)C(C)C)CC1. The molecule has 2 amide bonds. The summed E-state index contributed by atoms with van der Waals surface area (Å²) in [6.07, 6.45) is 1.32. The van der Waals surface area contributed by atoms with E-state index in [4.69, 9.17) is 0 Å². The second-order valence-electron chi connectivity index (χ2n) is 7.33. The second-order valence-corrected chi connectivity index (χ2v) is 7.33. The largest absolute Gasteiger partial charge is 0.388 e. The Morgan fingerprint density at radius 2 is 1.76 bits per heavy atom. The van der Waals surface area contributed by atoms with Crippen LogP contribution in [0.2, 0.25) is 0 Å². The third-order valence-corrected chi connectivity index (χ3v) is 4.82.